The monoisotopic (exact) mass is 372 g/mol. The molecule has 0 unspecified atom stereocenters. The molecule has 0 saturated carbocycles. The van der Waals surface area contributed by atoms with E-state index in [-0.39, 0.29) is 11.7 Å². The minimum atomic E-state index is -0.346. The van der Waals surface area contributed by atoms with Crippen LogP contribution in [0, 0.1) is 13.8 Å². The highest BCUT2D eigenvalue weighted by atomic mass is 35.5. The minimum absolute atomic E-state index is 0.230. The van der Waals surface area contributed by atoms with Crippen LogP contribution in [0.5, 0.6) is 0 Å². The first kappa shape index (κ1) is 15.9. The lowest BCUT2D eigenvalue weighted by Gasteiger charge is -2.04. The molecule has 3 aromatic heterocycles. The van der Waals surface area contributed by atoms with Crippen molar-refractivity contribution in [1.29, 1.82) is 0 Å². The number of halogens is 1. The zero-order valence-corrected chi connectivity index (χ0v) is 15.0. The molecule has 0 fully saturated rings. The maximum Gasteiger partial charge on any atom is 0.292 e. The summed E-state index contributed by atoms with van der Waals surface area (Å²) in [7, 11) is 0. The van der Waals surface area contributed by atoms with Crippen LogP contribution in [0.25, 0.3) is 15.3 Å². The summed E-state index contributed by atoms with van der Waals surface area (Å²) in [5, 5.41) is 8.53. The number of benzene rings is 1. The van der Waals surface area contributed by atoms with Crippen molar-refractivity contribution in [2.75, 3.05) is 5.32 Å². The van der Waals surface area contributed by atoms with Gasteiger partial charge in [0.15, 0.2) is 5.76 Å². The number of carbonyl (C=O) groups excluding carboxylic acids is 1. The van der Waals surface area contributed by atoms with Crippen LogP contribution in [0.2, 0.25) is 5.02 Å². The van der Waals surface area contributed by atoms with Crippen LogP contribution < -0.4 is 5.32 Å². The lowest BCUT2D eigenvalue weighted by molar-refractivity contribution is 0.0996. The van der Waals surface area contributed by atoms with Crippen molar-refractivity contribution in [2.45, 2.75) is 13.8 Å². The number of nitrogens with one attached hydrogen (secondary N) is 1. The van der Waals surface area contributed by atoms with E-state index >= 15 is 0 Å². The highest BCUT2D eigenvalue weighted by Crippen LogP contribution is 2.34. The Kier molecular flexibility index (Phi) is 3.82. The summed E-state index contributed by atoms with van der Waals surface area (Å²) in [6.45, 7) is 3.83. The third-order valence-corrected chi connectivity index (χ3v) is 5.18. The number of hydrogen-bond acceptors (Lipinski definition) is 5. The van der Waals surface area contributed by atoms with E-state index in [2.05, 4.69) is 15.4 Å². The topological polar surface area (TPSA) is 73.0 Å². The normalized spacial score (nSPS) is 11.2. The van der Waals surface area contributed by atoms with Gasteiger partial charge in [-0.1, -0.05) is 29.0 Å². The second-order valence-corrected chi connectivity index (χ2v) is 6.94. The number of nitrogens with zero attached hydrogens (tertiary/aromatic N) is 3. The molecular formula is C17H13ClN4O2S. The van der Waals surface area contributed by atoms with Crippen molar-refractivity contribution in [3.05, 3.63) is 58.6 Å². The molecule has 6 nitrogen and oxygen atoms in total. The maximum absolute atomic E-state index is 12.3. The molecular weight excluding hydrogens is 360 g/mol. The second-order valence-electron chi connectivity index (χ2n) is 5.55. The van der Waals surface area contributed by atoms with Gasteiger partial charge in [-0.05, 0) is 37.6 Å². The Morgan fingerprint density at radius 2 is 2.16 bits per heavy atom. The van der Waals surface area contributed by atoms with E-state index in [9.17, 15) is 4.79 Å². The zero-order valence-electron chi connectivity index (χ0n) is 13.4. The number of anilines is 1. The van der Waals surface area contributed by atoms with Gasteiger partial charge in [0.25, 0.3) is 5.91 Å². The van der Waals surface area contributed by atoms with E-state index in [1.807, 2.05) is 26.0 Å². The maximum atomic E-state index is 12.3. The van der Waals surface area contributed by atoms with Gasteiger partial charge in [0.05, 0.1) is 27.2 Å². The molecule has 1 amide bonds. The molecule has 0 aliphatic rings. The van der Waals surface area contributed by atoms with Crippen LogP contribution >= 0.6 is 22.9 Å². The standard InChI is InChI=1S/C17H13ClN4O2S/c1-9-5-6-11(18)15-14(9)20-17(25-15)22-13(8-10(2)21-22)19-16(23)12-4-3-7-24-12/h3-8H,1-2H3,(H,19,23). The minimum Gasteiger partial charge on any atom is -0.459 e. The first-order valence-electron chi connectivity index (χ1n) is 7.50. The third-order valence-electron chi connectivity index (χ3n) is 3.69. The fourth-order valence-corrected chi connectivity index (χ4v) is 3.78. The van der Waals surface area contributed by atoms with Crippen molar-refractivity contribution in [2.24, 2.45) is 0 Å². The molecule has 1 aromatic carbocycles. The van der Waals surface area contributed by atoms with E-state index in [4.69, 9.17) is 16.0 Å². The van der Waals surface area contributed by atoms with Crippen LogP contribution in [0.3, 0.4) is 0 Å². The van der Waals surface area contributed by atoms with Crippen LogP contribution in [0.15, 0.2) is 41.0 Å². The molecule has 4 rings (SSSR count). The molecule has 0 saturated heterocycles. The summed E-state index contributed by atoms with van der Waals surface area (Å²) in [5.41, 5.74) is 2.63. The molecule has 0 radical (unpaired) electrons. The third kappa shape index (κ3) is 2.81. The lowest BCUT2D eigenvalue weighted by atomic mass is 10.2. The van der Waals surface area contributed by atoms with Gasteiger partial charge >= 0.3 is 0 Å². The van der Waals surface area contributed by atoms with E-state index in [0.717, 1.165) is 21.5 Å². The Labute approximate surface area is 152 Å². The van der Waals surface area contributed by atoms with Crippen LogP contribution in [0.4, 0.5) is 5.82 Å². The summed E-state index contributed by atoms with van der Waals surface area (Å²) < 4.78 is 7.63. The largest absolute Gasteiger partial charge is 0.459 e. The SMILES string of the molecule is Cc1cc(NC(=O)c2ccco2)n(-c2nc3c(C)ccc(Cl)c3s2)n1. The number of fused-ring (bicyclic) bond motifs is 1. The summed E-state index contributed by atoms with van der Waals surface area (Å²) in [6.07, 6.45) is 1.45. The number of thiazole rings is 1. The molecule has 3 heterocycles. The lowest BCUT2D eigenvalue weighted by Crippen LogP contribution is -2.14. The van der Waals surface area contributed by atoms with Crippen molar-refractivity contribution in [3.8, 4) is 5.13 Å². The van der Waals surface area contributed by atoms with E-state index in [1.165, 1.54) is 17.6 Å². The number of furan rings is 1. The summed E-state index contributed by atoms with van der Waals surface area (Å²) >= 11 is 7.71. The van der Waals surface area contributed by atoms with Gasteiger partial charge in [-0.25, -0.2) is 4.98 Å². The number of aryl methyl sites for hydroxylation is 2. The number of hydrogen-bond donors (Lipinski definition) is 1. The van der Waals surface area contributed by atoms with Gasteiger partial charge in [0, 0.05) is 6.07 Å². The summed E-state index contributed by atoms with van der Waals surface area (Å²) in [5.74, 6) is 0.404. The number of rotatable bonds is 3. The summed E-state index contributed by atoms with van der Waals surface area (Å²) in [6, 6.07) is 8.83. The Bertz CT molecular complexity index is 1040. The van der Waals surface area contributed by atoms with Gasteiger partial charge in [-0.2, -0.15) is 9.78 Å². The molecule has 4 aromatic rings. The Balaban J connectivity index is 1.77. The molecule has 1 N–H and O–H groups in total. The summed E-state index contributed by atoms with van der Waals surface area (Å²) in [4.78, 5) is 16.9. The fraction of sp³-hybridized carbons (Fsp3) is 0.118. The number of carbonyl (C=O) groups is 1. The average molecular weight is 373 g/mol. The Hall–Kier alpha value is -2.64. The van der Waals surface area contributed by atoms with Crippen LogP contribution in [-0.2, 0) is 0 Å². The zero-order chi connectivity index (χ0) is 17.6. The van der Waals surface area contributed by atoms with Crippen LogP contribution in [-0.4, -0.2) is 20.7 Å². The van der Waals surface area contributed by atoms with Crippen molar-refractivity contribution < 1.29 is 9.21 Å². The fourth-order valence-electron chi connectivity index (χ4n) is 2.50. The van der Waals surface area contributed by atoms with E-state index in [1.54, 1.807) is 22.9 Å². The highest BCUT2D eigenvalue weighted by Gasteiger charge is 2.18. The number of aromatic nitrogens is 3. The molecule has 0 atom stereocenters. The van der Waals surface area contributed by atoms with Gasteiger partial charge in [0.2, 0.25) is 5.13 Å². The van der Waals surface area contributed by atoms with Crippen molar-refractivity contribution >= 4 is 44.9 Å². The average Bonchev–Trinajstić information content (AvgIpc) is 3.30. The highest BCUT2D eigenvalue weighted by molar-refractivity contribution is 7.21. The first-order chi connectivity index (χ1) is 12.0. The molecule has 25 heavy (non-hydrogen) atoms. The molecule has 126 valence electrons. The van der Waals surface area contributed by atoms with Crippen molar-refractivity contribution in [3.63, 3.8) is 0 Å². The first-order valence-corrected chi connectivity index (χ1v) is 8.70. The molecule has 0 aliphatic carbocycles. The predicted molar refractivity (Wildman–Crippen MR) is 97.9 cm³/mol. The van der Waals surface area contributed by atoms with E-state index in [0.29, 0.717) is 16.0 Å². The molecule has 0 spiro atoms. The predicted octanol–water partition coefficient (Wildman–Crippen LogP) is 4.60. The Morgan fingerprint density at radius 3 is 2.88 bits per heavy atom. The second kappa shape index (κ2) is 6.02. The van der Waals surface area contributed by atoms with Gasteiger partial charge in [-0.15, -0.1) is 0 Å². The molecule has 0 bridgehead atoms. The van der Waals surface area contributed by atoms with Crippen molar-refractivity contribution in [1.82, 2.24) is 14.8 Å². The van der Waals surface area contributed by atoms with Gasteiger partial charge < -0.3 is 9.73 Å². The van der Waals surface area contributed by atoms with Gasteiger partial charge in [0.1, 0.15) is 5.82 Å². The number of amides is 1. The quantitative estimate of drug-likeness (QED) is 0.570. The van der Waals surface area contributed by atoms with Gasteiger partial charge in [-0.3, -0.25) is 4.79 Å². The van der Waals surface area contributed by atoms with Crippen LogP contribution in [0.1, 0.15) is 21.8 Å². The smallest absolute Gasteiger partial charge is 0.292 e. The van der Waals surface area contributed by atoms with E-state index < -0.39 is 0 Å². The Morgan fingerprint density at radius 1 is 1.32 bits per heavy atom. The molecule has 8 heteroatoms. The molecule has 0 aliphatic heterocycles.